The normalized spacial score (nSPS) is 11.9. The molecule has 0 aliphatic rings. The molecule has 0 saturated heterocycles. The van der Waals surface area contributed by atoms with Crippen molar-refractivity contribution < 1.29 is 0 Å². The Morgan fingerprint density at radius 1 is 0.714 bits per heavy atom. The third-order valence-corrected chi connectivity index (χ3v) is 6.75. The first-order valence-corrected chi connectivity index (χ1v) is 15.9. The van der Waals surface area contributed by atoms with Crippen LogP contribution in [0.15, 0.2) is 48.5 Å². The van der Waals surface area contributed by atoms with Gasteiger partial charge < -0.3 is 0 Å². The van der Waals surface area contributed by atoms with E-state index in [0.29, 0.717) is 6.04 Å². The zero-order chi connectivity index (χ0) is 15.5. The molecule has 0 bridgehead atoms. The molecule has 0 aliphatic heterocycles. The van der Waals surface area contributed by atoms with Crippen molar-refractivity contribution in [2.45, 2.75) is 12.1 Å². The minimum absolute atomic E-state index is 0.536. The Kier molecular flexibility index (Phi) is 6.51. The summed E-state index contributed by atoms with van der Waals surface area (Å²) in [4.78, 5) is 0. The zero-order valence-electron chi connectivity index (χ0n) is 11.0. The first-order valence-electron chi connectivity index (χ1n) is 6.37. The number of benzene rings is 2. The molecule has 0 amide bonds. The summed E-state index contributed by atoms with van der Waals surface area (Å²) >= 11 is 29.6. The summed E-state index contributed by atoms with van der Waals surface area (Å²) in [5.41, 5.74) is 4.53. The highest BCUT2D eigenvalue weighted by Gasteiger charge is 2.25. The molecule has 112 valence electrons. The highest BCUT2D eigenvalue weighted by atomic mass is 35.8. The van der Waals surface area contributed by atoms with Crippen molar-refractivity contribution in [3.8, 4) is 11.1 Å². The molecule has 7 heteroatoms. The molecule has 2 aromatic carbocycles. The van der Waals surface area contributed by atoms with Gasteiger partial charge in [-0.2, -0.15) is 0 Å². The van der Waals surface area contributed by atoms with Crippen LogP contribution in [-0.2, 0) is 12.1 Å². The summed E-state index contributed by atoms with van der Waals surface area (Å²) in [5, 5.41) is 0. The second-order valence-corrected chi connectivity index (χ2v) is 18.9. The van der Waals surface area contributed by atoms with Crippen LogP contribution in [0.25, 0.3) is 11.1 Å². The maximum Gasteiger partial charge on any atom is 0.345 e. The smallest absolute Gasteiger partial charge is 0.150 e. The van der Waals surface area contributed by atoms with Gasteiger partial charge in [0.2, 0.25) is 7.42 Å². The van der Waals surface area contributed by atoms with E-state index >= 15 is 0 Å². The first-order chi connectivity index (χ1) is 9.83. The van der Waals surface area contributed by atoms with Gasteiger partial charge in [0.1, 0.15) is 0 Å². The van der Waals surface area contributed by atoms with Crippen LogP contribution in [0.5, 0.6) is 0 Å². The summed E-state index contributed by atoms with van der Waals surface area (Å²) in [5.74, 6) is 0. The molecule has 0 heterocycles. The van der Waals surface area contributed by atoms with Gasteiger partial charge in [-0.1, -0.05) is 48.5 Å². The molecular weight excluding hydrogens is 402 g/mol. The van der Waals surface area contributed by atoms with Crippen molar-refractivity contribution in [2.75, 3.05) is 0 Å². The van der Waals surface area contributed by atoms with E-state index in [4.69, 9.17) is 55.4 Å². The summed E-state index contributed by atoms with van der Waals surface area (Å²) in [6.07, 6.45) is 0. The number of rotatable bonds is 5. The molecule has 2 rings (SSSR count). The SMILES string of the molecule is Cl[SiH](Cl)Cc1ccc(-c2ccc(C[Si](Cl)(Cl)Cl)cc2)cc1. The molecule has 0 N–H and O–H groups in total. The predicted molar refractivity (Wildman–Crippen MR) is 101 cm³/mol. The molecule has 0 saturated carbocycles. The van der Waals surface area contributed by atoms with Crippen molar-refractivity contribution in [3.05, 3.63) is 59.7 Å². The van der Waals surface area contributed by atoms with Crippen LogP contribution >= 0.6 is 55.4 Å². The van der Waals surface area contributed by atoms with Crippen LogP contribution in [0.4, 0.5) is 0 Å². The Hall–Kier alpha value is 0.324. The molecule has 0 aliphatic carbocycles. The van der Waals surface area contributed by atoms with Crippen LogP contribution in [0.1, 0.15) is 11.1 Å². The third-order valence-electron chi connectivity index (χ3n) is 3.04. The van der Waals surface area contributed by atoms with E-state index in [2.05, 4.69) is 36.4 Å². The highest BCUT2D eigenvalue weighted by Crippen LogP contribution is 2.26. The monoisotopic (exact) mass is 412 g/mol. The van der Waals surface area contributed by atoms with Crippen LogP contribution in [0.3, 0.4) is 0 Å². The number of hydrogen-bond donors (Lipinski definition) is 0. The quantitative estimate of drug-likeness (QED) is 0.424. The topological polar surface area (TPSA) is 0 Å². The Labute approximate surface area is 151 Å². The van der Waals surface area contributed by atoms with Crippen molar-refractivity contribution in [1.82, 2.24) is 0 Å². The standard InChI is InChI=1S/C14H13Cl5Si2/c15-20(16)9-11-1-5-13(6-2-11)14-7-3-12(4-8-14)10-21(17,18)19/h1-8,20H,9-10H2. The number of halogens is 5. The summed E-state index contributed by atoms with van der Waals surface area (Å²) in [6, 6.07) is 15.1. The lowest BCUT2D eigenvalue weighted by Crippen LogP contribution is -2.13. The molecule has 0 spiro atoms. The van der Waals surface area contributed by atoms with E-state index in [1.165, 1.54) is 5.56 Å². The van der Waals surface area contributed by atoms with Crippen LogP contribution in [-0.4, -0.2) is 13.4 Å². The third kappa shape index (κ3) is 6.15. The maximum atomic E-state index is 5.93. The van der Waals surface area contributed by atoms with Crippen molar-refractivity contribution in [1.29, 1.82) is 0 Å². The maximum absolute atomic E-state index is 5.93. The molecule has 0 fully saturated rings. The van der Waals surface area contributed by atoms with Gasteiger partial charge in [0.25, 0.3) is 0 Å². The Morgan fingerprint density at radius 2 is 1.14 bits per heavy atom. The van der Waals surface area contributed by atoms with Crippen LogP contribution in [0.2, 0.25) is 0 Å². The van der Waals surface area contributed by atoms with Gasteiger partial charge in [0, 0.05) is 6.04 Å². The zero-order valence-corrected chi connectivity index (χ0v) is 16.9. The fourth-order valence-corrected chi connectivity index (χ4v) is 5.84. The van der Waals surface area contributed by atoms with Gasteiger partial charge in [-0.3, -0.25) is 0 Å². The average Bonchev–Trinajstić information content (AvgIpc) is 2.38. The molecule has 21 heavy (non-hydrogen) atoms. The highest BCUT2D eigenvalue weighted by molar-refractivity contribution is 7.64. The molecule has 0 aromatic heterocycles. The minimum atomic E-state index is -2.62. The Bertz CT molecular complexity index is 576. The van der Waals surface area contributed by atoms with E-state index in [9.17, 15) is 0 Å². The van der Waals surface area contributed by atoms with E-state index < -0.39 is 13.4 Å². The fourth-order valence-electron chi connectivity index (χ4n) is 2.06. The molecule has 0 nitrogen and oxygen atoms in total. The molecule has 0 radical (unpaired) electrons. The van der Waals surface area contributed by atoms with Gasteiger partial charge in [-0.25, -0.2) is 0 Å². The van der Waals surface area contributed by atoms with Crippen LogP contribution < -0.4 is 0 Å². The van der Waals surface area contributed by atoms with E-state index in [1.807, 2.05) is 12.1 Å². The molecule has 0 atom stereocenters. The van der Waals surface area contributed by atoms with E-state index in [0.717, 1.165) is 22.7 Å². The lowest BCUT2D eigenvalue weighted by molar-refractivity contribution is 1.37. The fraction of sp³-hybridized carbons (Fsp3) is 0.143. The lowest BCUT2D eigenvalue weighted by Gasteiger charge is -2.09. The average molecular weight is 415 g/mol. The van der Waals surface area contributed by atoms with Gasteiger partial charge in [-0.05, 0) is 28.3 Å². The van der Waals surface area contributed by atoms with Gasteiger partial charge in [0.05, 0.1) is 0 Å². The minimum Gasteiger partial charge on any atom is -0.150 e. The van der Waals surface area contributed by atoms with Crippen molar-refractivity contribution >= 4 is 68.8 Å². The Balaban J connectivity index is 2.11. The summed E-state index contributed by atoms with van der Waals surface area (Å²) in [6.45, 7) is 0. The van der Waals surface area contributed by atoms with Crippen molar-refractivity contribution in [2.24, 2.45) is 0 Å². The molecule has 2 aromatic rings. The van der Waals surface area contributed by atoms with Crippen molar-refractivity contribution in [3.63, 3.8) is 0 Å². The Morgan fingerprint density at radius 3 is 1.52 bits per heavy atom. The second kappa shape index (κ2) is 7.73. The lowest BCUT2D eigenvalue weighted by atomic mass is 10.0. The van der Waals surface area contributed by atoms with Gasteiger partial charge in [-0.15, -0.1) is 55.4 Å². The summed E-state index contributed by atoms with van der Waals surface area (Å²) in [7, 11) is -1.60. The predicted octanol–water partition coefficient (Wildman–Crippen LogP) is 5.87. The van der Waals surface area contributed by atoms with Gasteiger partial charge >= 0.3 is 6.00 Å². The molecular formula is C14H13Cl5Si2. The van der Waals surface area contributed by atoms with Gasteiger partial charge in [0.15, 0.2) is 0 Å². The second-order valence-electron chi connectivity index (χ2n) is 4.78. The van der Waals surface area contributed by atoms with E-state index in [1.54, 1.807) is 0 Å². The summed E-state index contributed by atoms with van der Waals surface area (Å²) < 4.78 is 0. The first kappa shape index (κ1) is 17.7. The van der Waals surface area contributed by atoms with E-state index in [-0.39, 0.29) is 0 Å². The largest absolute Gasteiger partial charge is 0.345 e. The number of hydrogen-bond acceptors (Lipinski definition) is 0. The van der Waals surface area contributed by atoms with Crippen LogP contribution in [0, 0.1) is 0 Å². The molecule has 0 unspecified atom stereocenters.